The van der Waals surface area contributed by atoms with Crippen molar-refractivity contribution >= 4 is 17.1 Å². The summed E-state index contributed by atoms with van der Waals surface area (Å²) in [5.41, 5.74) is 3.65. The van der Waals surface area contributed by atoms with Gasteiger partial charge < -0.3 is 0 Å². The molecule has 0 aliphatic heterocycles. The summed E-state index contributed by atoms with van der Waals surface area (Å²) in [5, 5.41) is 7.88. The lowest BCUT2D eigenvalue weighted by molar-refractivity contribution is -0.109. The average molecular weight is 209 g/mol. The van der Waals surface area contributed by atoms with Gasteiger partial charge in [-0.1, -0.05) is 36.4 Å². The largest absolute Gasteiger partial charge is 0.296 e. The fourth-order valence-electron chi connectivity index (χ4n) is 2.34. The van der Waals surface area contributed by atoms with E-state index in [4.69, 9.17) is 5.41 Å². The molecule has 0 heterocycles. The third-order valence-electron chi connectivity index (χ3n) is 3.11. The highest BCUT2D eigenvalue weighted by atomic mass is 16.1. The fourth-order valence-corrected chi connectivity index (χ4v) is 2.34. The van der Waals surface area contributed by atoms with Crippen molar-refractivity contribution in [1.82, 2.24) is 0 Å². The Morgan fingerprint density at radius 2 is 1.56 bits per heavy atom. The van der Waals surface area contributed by atoms with Crippen LogP contribution < -0.4 is 0 Å². The van der Waals surface area contributed by atoms with Crippen molar-refractivity contribution in [1.29, 1.82) is 5.41 Å². The molecule has 0 unspecified atom stereocenters. The van der Waals surface area contributed by atoms with Crippen LogP contribution in [0.5, 0.6) is 0 Å². The van der Waals surface area contributed by atoms with Crippen molar-refractivity contribution in [3.05, 3.63) is 53.1 Å². The third kappa shape index (κ3) is 1.13. The number of Topliss-reactive ketones (excluding diaryl/α,β-unsaturated/α-hetero) is 1. The van der Waals surface area contributed by atoms with E-state index in [2.05, 4.69) is 6.08 Å². The molecule has 78 valence electrons. The van der Waals surface area contributed by atoms with Crippen LogP contribution in [0.15, 0.2) is 42.0 Å². The van der Waals surface area contributed by atoms with E-state index < -0.39 is 0 Å². The second-order valence-corrected chi connectivity index (χ2v) is 4.06. The lowest BCUT2D eigenvalue weighted by Crippen LogP contribution is -2.25. The van der Waals surface area contributed by atoms with Crippen molar-refractivity contribution in [3.63, 3.8) is 0 Å². The van der Waals surface area contributed by atoms with Crippen molar-refractivity contribution in [2.45, 2.75) is 12.8 Å². The Labute approximate surface area is 93.8 Å². The van der Waals surface area contributed by atoms with Crippen LogP contribution in [0.1, 0.15) is 24.0 Å². The van der Waals surface area contributed by atoms with Crippen molar-refractivity contribution in [2.24, 2.45) is 0 Å². The number of fused-ring (bicyclic) bond motifs is 3. The Morgan fingerprint density at radius 1 is 0.938 bits per heavy atom. The number of nitrogens with one attached hydrogen (secondary N) is 1. The van der Waals surface area contributed by atoms with Crippen LogP contribution in [0.3, 0.4) is 0 Å². The number of rotatable bonds is 0. The molecule has 16 heavy (non-hydrogen) atoms. The first-order chi connectivity index (χ1) is 7.79. The Balaban J connectivity index is 2.32. The normalized spacial score (nSPS) is 18.5. The smallest absolute Gasteiger partial charge is 0.211 e. The van der Waals surface area contributed by atoms with Crippen LogP contribution in [-0.2, 0) is 4.79 Å². The van der Waals surface area contributed by atoms with Crippen molar-refractivity contribution in [2.75, 3.05) is 0 Å². The number of carbonyl (C=O) groups excluding carboxylic acids is 1. The fraction of sp³-hybridized carbons (Fsp3) is 0.143. The minimum absolute atomic E-state index is 0.126. The van der Waals surface area contributed by atoms with Gasteiger partial charge in [0.2, 0.25) is 5.78 Å². The van der Waals surface area contributed by atoms with Gasteiger partial charge in [0, 0.05) is 11.1 Å². The van der Waals surface area contributed by atoms with Crippen molar-refractivity contribution in [3.8, 4) is 0 Å². The maximum Gasteiger partial charge on any atom is 0.211 e. The number of allylic oxidation sites excluding steroid dienone is 4. The van der Waals surface area contributed by atoms with Gasteiger partial charge in [0.15, 0.2) is 0 Å². The number of benzene rings is 1. The predicted octanol–water partition coefficient (Wildman–Crippen LogP) is 2.74. The first-order valence-electron chi connectivity index (χ1n) is 5.43. The number of carbonyl (C=O) groups is 1. The molecule has 0 fully saturated rings. The molecule has 0 spiro atoms. The number of hydrogen-bond donors (Lipinski definition) is 1. The number of hydrogen-bond acceptors (Lipinski definition) is 2. The molecular weight excluding hydrogens is 198 g/mol. The maximum atomic E-state index is 12.0. The van der Waals surface area contributed by atoms with Crippen LogP contribution in [0.2, 0.25) is 0 Å². The average Bonchev–Trinajstić information content (AvgIpc) is 2.36. The van der Waals surface area contributed by atoms with Gasteiger partial charge in [0.25, 0.3) is 0 Å². The summed E-state index contributed by atoms with van der Waals surface area (Å²) in [5.74, 6) is -0.135. The third-order valence-corrected chi connectivity index (χ3v) is 3.11. The number of ketones is 1. The molecule has 2 aliphatic carbocycles. The molecule has 1 aromatic rings. The first kappa shape index (κ1) is 9.28. The van der Waals surface area contributed by atoms with Crippen LogP contribution in [0.4, 0.5) is 0 Å². The molecule has 0 amide bonds. The Bertz CT molecular complexity index is 564. The standard InChI is InChI=1S/C14H11NO/c15-13-11-7-3-1-5-9(11)10-6-2-4-8-12(10)14(13)16/h1,3,5-8,15H,2,4H2. The Hall–Kier alpha value is -1.96. The zero-order valence-corrected chi connectivity index (χ0v) is 8.79. The van der Waals surface area contributed by atoms with E-state index in [0.29, 0.717) is 0 Å². The molecule has 0 aromatic heterocycles. The van der Waals surface area contributed by atoms with Gasteiger partial charge in [-0.2, -0.15) is 0 Å². The maximum absolute atomic E-state index is 12.0. The highest BCUT2D eigenvalue weighted by Crippen LogP contribution is 2.35. The van der Waals surface area contributed by atoms with Gasteiger partial charge in [-0.25, -0.2) is 0 Å². The van der Waals surface area contributed by atoms with E-state index in [1.807, 2.05) is 30.3 Å². The molecule has 1 aromatic carbocycles. The van der Waals surface area contributed by atoms with Gasteiger partial charge in [-0.15, -0.1) is 0 Å². The van der Waals surface area contributed by atoms with Crippen LogP contribution >= 0.6 is 0 Å². The SMILES string of the molecule is N=C1C(=O)C2=CCCC=C2c2ccccc21. The van der Waals surface area contributed by atoms with Crippen LogP contribution in [-0.4, -0.2) is 11.5 Å². The van der Waals surface area contributed by atoms with Gasteiger partial charge in [0.05, 0.1) is 0 Å². The topological polar surface area (TPSA) is 40.9 Å². The summed E-state index contributed by atoms with van der Waals surface area (Å²) in [4.78, 5) is 12.0. The summed E-state index contributed by atoms with van der Waals surface area (Å²) < 4.78 is 0. The minimum Gasteiger partial charge on any atom is -0.296 e. The lowest BCUT2D eigenvalue weighted by atomic mass is 9.79. The predicted molar refractivity (Wildman–Crippen MR) is 63.6 cm³/mol. The summed E-state index contributed by atoms with van der Waals surface area (Å²) in [7, 11) is 0. The zero-order chi connectivity index (χ0) is 11.1. The quantitative estimate of drug-likeness (QED) is 0.701. The summed E-state index contributed by atoms with van der Waals surface area (Å²) >= 11 is 0. The zero-order valence-electron chi connectivity index (χ0n) is 8.79. The molecule has 0 radical (unpaired) electrons. The van der Waals surface area contributed by atoms with Crippen LogP contribution in [0.25, 0.3) is 5.57 Å². The molecule has 0 saturated heterocycles. The van der Waals surface area contributed by atoms with Gasteiger partial charge in [0.1, 0.15) is 5.71 Å². The molecule has 0 saturated carbocycles. The molecular formula is C14H11NO. The van der Waals surface area contributed by atoms with E-state index >= 15 is 0 Å². The molecule has 2 heteroatoms. The lowest BCUT2D eigenvalue weighted by Gasteiger charge is -2.23. The van der Waals surface area contributed by atoms with E-state index in [9.17, 15) is 4.79 Å². The molecule has 1 N–H and O–H groups in total. The highest BCUT2D eigenvalue weighted by Gasteiger charge is 2.30. The second-order valence-electron chi connectivity index (χ2n) is 4.06. The summed E-state index contributed by atoms with van der Waals surface area (Å²) in [6, 6.07) is 7.66. The highest BCUT2D eigenvalue weighted by molar-refractivity contribution is 6.55. The van der Waals surface area contributed by atoms with Crippen molar-refractivity contribution < 1.29 is 4.79 Å². The van der Waals surface area contributed by atoms with E-state index in [1.165, 1.54) is 0 Å². The molecule has 0 atom stereocenters. The Morgan fingerprint density at radius 3 is 2.31 bits per heavy atom. The van der Waals surface area contributed by atoms with E-state index in [-0.39, 0.29) is 11.5 Å². The second kappa shape index (κ2) is 3.27. The van der Waals surface area contributed by atoms with Gasteiger partial charge in [-0.3, -0.25) is 10.2 Å². The van der Waals surface area contributed by atoms with Gasteiger partial charge >= 0.3 is 0 Å². The van der Waals surface area contributed by atoms with E-state index in [1.54, 1.807) is 0 Å². The van der Waals surface area contributed by atoms with Crippen LogP contribution in [0, 0.1) is 5.41 Å². The van der Waals surface area contributed by atoms with Gasteiger partial charge in [-0.05, 0) is 24.0 Å². The minimum atomic E-state index is -0.135. The molecule has 0 bridgehead atoms. The molecule has 2 aliphatic rings. The molecule has 2 nitrogen and oxygen atoms in total. The summed E-state index contributed by atoms with van der Waals surface area (Å²) in [6.45, 7) is 0. The monoisotopic (exact) mass is 209 g/mol. The van der Waals surface area contributed by atoms with E-state index in [0.717, 1.165) is 35.1 Å². The summed E-state index contributed by atoms with van der Waals surface area (Å²) in [6.07, 6.45) is 5.95. The first-order valence-corrected chi connectivity index (χ1v) is 5.43. The molecule has 3 rings (SSSR count). The Kier molecular flexibility index (Phi) is 1.90.